The van der Waals surface area contributed by atoms with Crippen LogP contribution in [-0.4, -0.2) is 53.1 Å². The molecule has 1 aliphatic rings. The van der Waals surface area contributed by atoms with E-state index in [0.29, 0.717) is 26.2 Å². The molecule has 1 heterocycles. The van der Waals surface area contributed by atoms with E-state index in [1.54, 1.807) is 17.0 Å². The van der Waals surface area contributed by atoms with Crippen molar-refractivity contribution in [3.8, 4) is 5.75 Å². The number of nitrogens with zero attached hydrogens (tertiary/aromatic N) is 2. The number of hydrogen-bond donors (Lipinski definition) is 0. The van der Waals surface area contributed by atoms with Crippen molar-refractivity contribution in [1.82, 2.24) is 9.80 Å². The van der Waals surface area contributed by atoms with Crippen molar-refractivity contribution in [1.29, 1.82) is 0 Å². The molecule has 0 aromatic heterocycles. The Balaban J connectivity index is 1.67. The summed E-state index contributed by atoms with van der Waals surface area (Å²) in [5.41, 5.74) is 1.22. The van der Waals surface area contributed by atoms with Crippen LogP contribution in [-0.2, 0) is 22.5 Å². The lowest BCUT2D eigenvalue weighted by atomic mass is 10.1. The number of benzene rings is 2. The van der Waals surface area contributed by atoms with Gasteiger partial charge in [0, 0.05) is 26.2 Å². The van der Waals surface area contributed by atoms with Crippen molar-refractivity contribution in [3.05, 3.63) is 65.5 Å². The van der Waals surface area contributed by atoms with Crippen LogP contribution in [0.1, 0.15) is 52.2 Å². The maximum absolute atomic E-state index is 13.4. The number of carbonyl (C=O) groups excluding carboxylic acids is 2. The Morgan fingerprint density at radius 3 is 2.29 bits per heavy atom. The van der Waals surface area contributed by atoms with E-state index in [1.165, 1.54) is 12.1 Å². The van der Waals surface area contributed by atoms with Gasteiger partial charge in [-0.05, 0) is 82.3 Å². The molecule has 1 aliphatic heterocycles. The van der Waals surface area contributed by atoms with Gasteiger partial charge >= 0.3 is 6.09 Å². The molecular formula is C28H37FN2O4. The molecule has 7 heteroatoms. The number of amides is 2. The molecule has 6 nitrogen and oxygen atoms in total. The van der Waals surface area contributed by atoms with Gasteiger partial charge < -0.3 is 19.3 Å². The van der Waals surface area contributed by atoms with Crippen LogP contribution in [0.2, 0.25) is 0 Å². The fourth-order valence-electron chi connectivity index (χ4n) is 4.09. The summed E-state index contributed by atoms with van der Waals surface area (Å²) in [5.74, 6) is 0.600. The van der Waals surface area contributed by atoms with E-state index in [1.807, 2.05) is 63.8 Å². The second-order valence-corrected chi connectivity index (χ2v) is 10.5. The molecule has 0 spiro atoms. The Bertz CT molecular complexity index is 984. The summed E-state index contributed by atoms with van der Waals surface area (Å²) >= 11 is 0. The molecule has 0 bridgehead atoms. The van der Waals surface area contributed by atoms with Crippen molar-refractivity contribution in [2.45, 2.75) is 65.7 Å². The van der Waals surface area contributed by atoms with Crippen molar-refractivity contribution < 1.29 is 23.5 Å². The molecule has 0 unspecified atom stereocenters. The fourth-order valence-corrected chi connectivity index (χ4v) is 4.09. The highest BCUT2D eigenvalue weighted by Gasteiger charge is 2.31. The molecule has 0 N–H and O–H groups in total. The Hall–Kier alpha value is -3.09. The van der Waals surface area contributed by atoms with Gasteiger partial charge in [0.15, 0.2) is 0 Å². The van der Waals surface area contributed by atoms with Crippen LogP contribution in [0.15, 0.2) is 48.5 Å². The predicted octanol–water partition coefficient (Wildman–Crippen LogP) is 5.44. The van der Waals surface area contributed by atoms with Crippen LogP contribution < -0.4 is 4.74 Å². The van der Waals surface area contributed by atoms with Crippen molar-refractivity contribution in [2.75, 3.05) is 19.6 Å². The number of carbonyl (C=O) groups is 2. The minimum absolute atomic E-state index is 0.0115. The van der Waals surface area contributed by atoms with Crippen LogP contribution in [0.4, 0.5) is 9.18 Å². The summed E-state index contributed by atoms with van der Waals surface area (Å²) < 4.78 is 24.6. The lowest BCUT2D eigenvalue weighted by Crippen LogP contribution is -2.38. The zero-order valence-electron chi connectivity index (χ0n) is 21.4. The molecule has 3 rings (SSSR count). The predicted molar refractivity (Wildman–Crippen MR) is 134 cm³/mol. The van der Waals surface area contributed by atoms with Gasteiger partial charge in [-0.25, -0.2) is 9.18 Å². The highest BCUT2D eigenvalue weighted by atomic mass is 19.1. The Morgan fingerprint density at radius 1 is 1.06 bits per heavy atom. The van der Waals surface area contributed by atoms with Gasteiger partial charge in [0.25, 0.3) is 0 Å². The van der Waals surface area contributed by atoms with E-state index >= 15 is 0 Å². The lowest BCUT2D eigenvalue weighted by Gasteiger charge is -2.27. The molecule has 0 aliphatic carbocycles. The first-order valence-corrected chi connectivity index (χ1v) is 12.2. The monoisotopic (exact) mass is 484 g/mol. The second-order valence-electron chi connectivity index (χ2n) is 10.5. The van der Waals surface area contributed by atoms with E-state index in [9.17, 15) is 14.0 Å². The van der Waals surface area contributed by atoms with Crippen LogP contribution in [0, 0.1) is 11.7 Å². The standard InChI is InChI=1S/C28H37FN2O4/c1-20(2)34-25-12-8-21(9-13-25)16-26(32)31(17-22-6-10-24(29)11-7-22)19-23-14-15-30(18-23)27(33)35-28(3,4)5/h6-13,20,23H,14-19H2,1-5H3/t23-/m1/s1. The van der Waals surface area contributed by atoms with E-state index in [2.05, 4.69) is 0 Å². The van der Waals surface area contributed by atoms with E-state index in [-0.39, 0.29) is 36.3 Å². The van der Waals surface area contributed by atoms with Crippen LogP contribution in [0.5, 0.6) is 5.75 Å². The highest BCUT2D eigenvalue weighted by Crippen LogP contribution is 2.22. The van der Waals surface area contributed by atoms with Crippen LogP contribution in [0.3, 0.4) is 0 Å². The minimum Gasteiger partial charge on any atom is -0.491 e. The van der Waals surface area contributed by atoms with Crippen LogP contribution >= 0.6 is 0 Å². The highest BCUT2D eigenvalue weighted by molar-refractivity contribution is 5.79. The van der Waals surface area contributed by atoms with Crippen molar-refractivity contribution in [3.63, 3.8) is 0 Å². The zero-order chi connectivity index (χ0) is 25.6. The largest absolute Gasteiger partial charge is 0.491 e. The van der Waals surface area contributed by atoms with Gasteiger partial charge in [-0.2, -0.15) is 0 Å². The Kier molecular flexibility index (Phi) is 8.76. The van der Waals surface area contributed by atoms with Gasteiger partial charge in [-0.15, -0.1) is 0 Å². The van der Waals surface area contributed by atoms with E-state index < -0.39 is 5.60 Å². The normalized spacial score (nSPS) is 15.9. The number of rotatable bonds is 8. The molecule has 1 fully saturated rings. The zero-order valence-corrected chi connectivity index (χ0v) is 21.4. The topological polar surface area (TPSA) is 59.1 Å². The van der Waals surface area contributed by atoms with Gasteiger partial charge in [0.1, 0.15) is 17.2 Å². The first-order chi connectivity index (χ1) is 16.5. The minimum atomic E-state index is -0.546. The summed E-state index contributed by atoms with van der Waals surface area (Å²) in [6.45, 7) is 11.5. The quantitative estimate of drug-likeness (QED) is 0.501. The maximum atomic E-state index is 13.4. The van der Waals surface area contributed by atoms with E-state index in [0.717, 1.165) is 23.3 Å². The van der Waals surface area contributed by atoms with Gasteiger partial charge in [0.05, 0.1) is 12.5 Å². The second kappa shape index (κ2) is 11.6. The molecular weight excluding hydrogens is 447 g/mol. The van der Waals surface area contributed by atoms with Gasteiger partial charge in [-0.3, -0.25) is 4.79 Å². The maximum Gasteiger partial charge on any atom is 0.410 e. The molecule has 2 amide bonds. The summed E-state index contributed by atoms with van der Waals surface area (Å²) in [6, 6.07) is 13.8. The third-order valence-corrected chi connectivity index (χ3v) is 5.71. The first-order valence-electron chi connectivity index (χ1n) is 12.2. The van der Waals surface area contributed by atoms with Gasteiger partial charge in [-0.1, -0.05) is 24.3 Å². The Morgan fingerprint density at radius 2 is 1.69 bits per heavy atom. The molecule has 2 aromatic carbocycles. The van der Waals surface area contributed by atoms with Crippen molar-refractivity contribution in [2.24, 2.45) is 5.92 Å². The average Bonchev–Trinajstić information content (AvgIpc) is 3.23. The van der Waals surface area contributed by atoms with Crippen molar-refractivity contribution >= 4 is 12.0 Å². The molecule has 1 saturated heterocycles. The SMILES string of the molecule is CC(C)Oc1ccc(CC(=O)N(Cc2ccc(F)cc2)C[C@@H]2CCN(C(=O)OC(C)(C)C)C2)cc1. The summed E-state index contributed by atoms with van der Waals surface area (Å²) in [7, 11) is 0. The summed E-state index contributed by atoms with van der Waals surface area (Å²) in [6.07, 6.45) is 0.819. The molecule has 1 atom stereocenters. The molecule has 2 aromatic rings. The first kappa shape index (κ1) is 26.5. The number of hydrogen-bond acceptors (Lipinski definition) is 4. The lowest BCUT2D eigenvalue weighted by molar-refractivity contribution is -0.131. The number of likely N-dealkylation sites (tertiary alicyclic amines) is 1. The molecule has 35 heavy (non-hydrogen) atoms. The van der Waals surface area contributed by atoms with E-state index in [4.69, 9.17) is 9.47 Å². The number of halogens is 1. The summed E-state index contributed by atoms with van der Waals surface area (Å²) in [5, 5.41) is 0. The summed E-state index contributed by atoms with van der Waals surface area (Å²) in [4.78, 5) is 29.3. The number of ether oxygens (including phenoxy) is 2. The molecule has 190 valence electrons. The smallest absolute Gasteiger partial charge is 0.410 e. The van der Waals surface area contributed by atoms with Gasteiger partial charge in [0.2, 0.25) is 5.91 Å². The Labute approximate surface area is 208 Å². The third-order valence-electron chi connectivity index (χ3n) is 5.71. The van der Waals surface area contributed by atoms with Crippen LogP contribution in [0.25, 0.3) is 0 Å². The average molecular weight is 485 g/mol. The fraction of sp³-hybridized carbons (Fsp3) is 0.500. The third kappa shape index (κ3) is 8.57. The molecule has 0 radical (unpaired) electrons. The molecule has 0 saturated carbocycles.